The number of carbonyl (C=O) groups is 2. The molecule has 3 N–H and O–H groups in total. The summed E-state index contributed by atoms with van der Waals surface area (Å²) in [6.07, 6.45) is -9.30. The third-order valence-corrected chi connectivity index (χ3v) is 2.60. The smallest absolute Gasteiger partial charge is 0.347 e. The van der Waals surface area contributed by atoms with Gasteiger partial charge in [0.25, 0.3) is 0 Å². The van der Waals surface area contributed by atoms with E-state index in [9.17, 15) is 35.9 Å². The van der Waals surface area contributed by atoms with Gasteiger partial charge in [-0.25, -0.2) is 4.98 Å². The number of rotatable bonds is 4. The average Bonchev–Trinajstić information content (AvgIpc) is 2.82. The van der Waals surface area contributed by atoms with Crippen molar-refractivity contribution in [1.82, 2.24) is 20.6 Å². The monoisotopic (exact) mass is 346 g/mol. The number of nitrogens with zero attached hydrogens (tertiary/aromatic N) is 1. The first kappa shape index (κ1) is 18.8. The Hall–Kier alpha value is -2.27. The van der Waals surface area contributed by atoms with Gasteiger partial charge in [-0.2, -0.15) is 26.3 Å². The Bertz CT molecular complexity index is 590. The van der Waals surface area contributed by atoms with E-state index in [1.54, 1.807) is 0 Å². The minimum absolute atomic E-state index is 0.247. The van der Waals surface area contributed by atoms with E-state index in [1.165, 1.54) is 5.32 Å². The molecule has 0 bridgehead atoms. The fourth-order valence-corrected chi connectivity index (χ4v) is 1.39. The highest BCUT2D eigenvalue weighted by atomic mass is 19.4. The summed E-state index contributed by atoms with van der Waals surface area (Å²) in [5, 5.41) is 3.55. The largest absolute Gasteiger partial charge is 0.471 e. The normalized spacial score (nSPS) is 12.9. The van der Waals surface area contributed by atoms with Crippen LogP contribution >= 0.6 is 0 Å². The topological polar surface area (TPSA) is 86.9 Å². The van der Waals surface area contributed by atoms with E-state index in [0.717, 1.165) is 13.8 Å². The zero-order valence-electron chi connectivity index (χ0n) is 11.8. The number of hydrogen-bond acceptors (Lipinski definition) is 3. The summed E-state index contributed by atoms with van der Waals surface area (Å²) < 4.78 is 73.4. The second-order valence-corrected chi connectivity index (χ2v) is 5.00. The summed E-state index contributed by atoms with van der Waals surface area (Å²) in [7, 11) is 0. The van der Waals surface area contributed by atoms with Crippen molar-refractivity contribution in [3.8, 4) is 0 Å². The van der Waals surface area contributed by atoms with Crippen LogP contribution in [0.25, 0.3) is 0 Å². The quantitative estimate of drug-likeness (QED) is 0.722. The maximum absolute atomic E-state index is 12.3. The number of alkyl halides is 6. The van der Waals surface area contributed by atoms with Crippen LogP contribution in [-0.2, 0) is 22.3 Å². The molecule has 0 aliphatic heterocycles. The van der Waals surface area contributed by atoms with Crippen LogP contribution in [0.3, 0.4) is 0 Å². The maximum atomic E-state index is 12.3. The zero-order valence-corrected chi connectivity index (χ0v) is 11.8. The standard InChI is InChI=1S/C11H12F6N4O2/c1-9(2,21-8(23)11(15,16)17)7(22)19-4-6-18-3-5(20-6)10(12,13)14/h3H,4H2,1-2H3,(H,18,20)(H,19,22)(H,21,23). The molecule has 1 aromatic rings. The van der Waals surface area contributed by atoms with Crippen LogP contribution in [0.4, 0.5) is 26.3 Å². The molecule has 0 unspecified atom stereocenters. The van der Waals surface area contributed by atoms with Gasteiger partial charge >= 0.3 is 18.3 Å². The van der Waals surface area contributed by atoms with Gasteiger partial charge in [-0.15, -0.1) is 0 Å². The Morgan fingerprint density at radius 2 is 1.70 bits per heavy atom. The first-order valence-electron chi connectivity index (χ1n) is 6.02. The molecular weight excluding hydrogens is 334 g/mol. The van der Waals surface area contributed by atoms with Crippen LogP contribution in [0.5, 0.6) is 0 Å². The third-order valence-electron chi connectivity index (χ3n) is 2.60. The number of aromatic nitrogens is 2. The Morgan fingerprint density at radius 3 is 2.13 bits per heavy atom. The second kappa shape index (κ2) is 6.08. The molecule has 1 aromatic heterocycles. The van der Waals surface area contributed by atoms with Gasteiger partial charge in [0.15, 0.2) is 0 Å². The molecule has 1 rings (SSSR count). The zero-order chi connectivity index (χ0) is 18.1. The van der Waals surface area contributed by atoms with Gasteiger partial charge in [0.1, 0.15) is 17.1 Å². The van der Waals surface area contributed by atoms with Crippen LogP contribution in [0.15, 0.2) is 6.20 Å². The van der Waals surface area contributed by atoms with E-state index in [-0.39, 0.29) is 5.82 Å². The summed E-state index contributed by atoms with van der Waals surface area (Å²) >= 11 is 0. The molecule has 6 nitrogen and oxygen atoms in total. The molecule has 0 aromatic carbocycles. The summed E-state index contributed by atoms with van der Waals surface area (Å²) in [4.78, 5) is 27.8. The van der Waals surface area contributed by atoms with Gasteiger partial charge < -0.3 is 15.6 Å². The van der Waals surface area contributed by atoms with Crippen molar-refractivity contribution in [3.63, 3.8) is 0 Å². The van der Waals surface area contributed by atoms with Gasteiger partial charge in [-0.05, 0) is 13.8 Å². The lowest BCUT2D eigenvalue weighted by Crippen LogP contribution is -2.57. The molecule has 0 saturated heterocycles. The fraction of sp³-hybridized carbons (Fsp3) is 0.545. The predicted octanol–water partition coefficient (Wildman–Crippen LogP) is 1.50. The van der Waals surface area contributed by atoms with Crippen molar-refractivity contribution < 1.29 is 35.9 Å². The lowest BCUT2D eigenvalue weighted by Gasteiger charge is -2.25. The van der Waals surface area contributed by atoms with Crippen molar-refractivity contribution in [2.24, 2.45) is 0 Å². The minimum Gasteiger partial charge on any atom is -0.347 e. The van der Waals surface area contributed by atoms with Crippen LogP contribution in [0.1, 0.15) is 25.4 Å². The molecule has 12 heteroatoms. The van der Waals surface area contributed by atoms with Crippen LogP contribution in [0, 0.1) is 0 Å². The molecule has 23 heavy (non-hydrogen) atoms. The number of H-pyrrole nitrogens is 1. The highest BCUT2D eigenvalue weighted by Gasteiger charge is 2.43. The molecule has 0 saturated carbocycles. The molecular formula is C11H12F6N4O2. The highest BCUT2D eigenvalue weighted by Crippen LogP contribution is 2.27. The fourth-order valence-electron chi connectivity index (χ4n) is 1.39. The Morgan fingerprint density at radius 1 is 1.13 bits per heavy atom. The minimum atomic E-state index is -5.17. The Balaban J connectivity index is 2.65. The first-order chi connectivity index (χ1) is 10.2. The number of aromatic amines is 1. The highest BCUT2D eigenvalue weighted by molar-refractivity contribution is 5.92. The number of amides is 2. The SMILES string of the molecule is CC(C)(NC(=O)C(F)(F)F)C(=O)NCc1ncc(C(F)(F)F)[nH]1. The third kappa shape index (κ3) is 5.14. The molecule has 0 fully saturated rings. The van der Waals surface area contributed by atoms with Crippen LogP contribution in [0.2, 0.25) is 0 Å². The molecule has 1 heterocycles. The van der Waals surface area contributed by atoms with Crippen molar-refractivity contribution in [2.75, 3.05) is 0 Å². The van der Waals surface area contributed by atoms with Gasteiger partial charge in [-0.1, -0.05) is 0 Å². The Kier molecular flexibility index (Phi) is 4.97. The summed E-state index contributed by atoms with van der Waals surface area (Å²) in [6.45, 7) is 1.53. The lowest BCUT2D eigenvalue weighted by atomic mass is 10.0. The number of halogens is 6. The molecule has 0 radical (unpaired) electrons. The first-order valence-corrected chi connectivity index (χ1v) is 6.02. The van der Waals surface area contributed by atoms with E-state index in [0.29, 0.717) is 6.20 Å². The van der Waals surface area contributed by atoms with Crippen molar-refractivity contribution in [2.45, 2.75) is 38.3 Å². The number of imidazole rings is 1. The molecule has 0 aliphatic carbocycles. The molecule has 0 spiro atoms. The number of carbonyl (C=O) groups excluding carboxylic acids is 2. The van der Waals surface area contributed by atoms with Gasteiger partial charge in [0.05, 0.1) is 12.7 Å². The van der Waals surface area contributed by atoms with E-state index in [4.69, 9.17) is 0 Å². The van der Waals surface area contributed by atoms with E-state index in [1.807, 2.05) is 4.98 Å². The van der Waals surface area contributed by atoms with E-state index < -0.39 is 41.9 Å². The maximum Gasteiger partial charge on any atom is 0.471 e. The van der Waals surface area contributed by atoms with Gasteiger partial charge in [-0.3, -0.25) is 9.59 Å². The molecule has 130 valence electrons. The lowest BCUT2D eigenvalue weighted by molar-refractivity contribution is -0.176. The molecule has 2 amide bonds. The predicted molar refractivity (Wildman–Crippen MR) is 63.7 cm³/mol. The second-order valence-electron chi connectivity index (χ2n) is 5.00. The van der Waals surface area contributed by atoms with Gasteiger partial charge in [0.2, 0.25) is 5.91 Å². The van der Waals surface area contributed by atoms with E-state index in [2.05, 4.69) is 10.3 Å². The van der Waals surface area contributed by atoms with Crippen LogP contribution in [-0.4, -0.2) is 33.5 Å². The number of nitrogens with one attached hydrogen (secondary N) is 3. The molecule has 0 aliphatic rings. The Labute approximate surface area is 125 Å². The van der Waals surface area contributed by atoms with E-state index >= 15 is 0 Å². The number of hydrogen-bond donors (Lipinski definition) is 3. The average molecular weight is 346 g/mol. The van der Waals surface area contributed by atoms with Crippen molar-refractivity contribution in [3.05, 3.63) is 17.7 Å². The summed E-state index contributed by atoms with van der Waals surface area (Å²) in [5.74, 6) is -3.58. The van der Waals surface area contributed by atoms with Crippen molar-refractivity contribution in [1.29, 1.82) is 0 Å². The summed E-state index contributed by atoms with van der Waals surface area (Å²) in [5.41, 5.74) is -3.06. The van der Waals surface area contributed by atoms with Crippen molar-refractivity contribution >= 4 is 11.8 Å². The van der Waals surface area contributed by atoms with Gasteiger partial charge in [0, 0.05) is 0 Å². The molecule has 0 atom stereocenters. The summed E-state index contributed by atoms with van der Waals surface area (Å²) in [6, 6.07) is 0. The van der Waals surface area contributed by atoms with Crippen LogP contribution < -0.4 is 10.6 Å².